The van der Waals surface area contributed by atoms with Crippen molar-refractivity contribution in [1.29, 1.82) is 0 Å². The fraction of sp³-hybridized carbons (Fsp3) is 0.571. The Morgan fingerprint density at radius 3 is 2.03 bits per heavy atom. The van der Waals surface area contributed by atoms with E-state index < -0.39 is 72.3 Å². The van der Waals surface area contributed by atoms with Crippen LogP contribution in [0.15, 0.2) is 4.79 Å². The summed E-state index contributed by atoms with van der Waals surface area (Å²) in [5.41, 5.74) is -1.17. The second-order valence-electron chi connectivity index (χ2n) is 7.61. The van der Waals surface area contributed by atoms with E-state index in [1.807, 2.05) is 0 Å². The summed E-state index contributed by atoms with van der Waals surface area (Å²) >= 11 is 0. The van der Waals surface area contributed by atoms with Crippen LogP contribution < -0.4 is 15.6 Å². The van der Waals surface area contributed by atoms with Gasteiger partial charge in [0.25, 0.3) is 5.56 Å². The topological polar surface area (TPSA) is 188 Å². The summed E-state index contributed by atoms with van der Waals surface area (Å²) in [5, 5.41) is 2.69. The van der Waals surface area contributed by atoms with E-state index in [2.05, 4.69) is 10.3 Å². The molecule has 1 aliphatic heterocycles. The highest BCUT2D eigenvalue weighted by atomic mass is 16.7. The number of methoxy groups -OCH3 is 1. The number of nitrogens with one attached hydrogen (secondary N) is 1. The van der Waals surface area contributed by atoms with Gasteiger partial charge < -0.3 is 33.7 Å². The molecule has 15 heteroatoms. The van der Waals surface area contributed by atoms with Crippen LogP contribution >= 0.6 is 0 Å². The van der Waals surface area contributed by atoms with E-state index in [9.17, 15) is 28.8 Å². The highest BCUT2D eigenvalue weighted by molar-refractivity contribution is 5.82. The summed E-state index contributed by atoms with van der Waals surface area (Å²) < 4.78 is 32.9. The molecule has 0 unspecified atom stereocenters. The van der Waals surface area contributed by atoms with Crippen molar-refractivity contribution < 1.29 is 52.4 Å². The largest absolute Gasteiger partial charge is 0.468 e. The zero-order chi connectivity index (χ0) is 27.2. The third-order valence-corrected chi connectivity index (χ3v) is 4.85. The number of aromatic nitrogens is 2. The molecule has 1 aromatic heterocycles. The average Bonchev–Trinajstić information content (AvgIpc) is 2.78. The van der Waals surface area contributed by atoms with Crippen LogP contribution in [0.25, 0.3) is 0 Å². The molecule has 198 valence electrons. The Morgan fingerprint density at radius 1 is 0.972 bits per heavy atom. The molecule has 1 aromatic rings. The second-order valence-corrected chi connectivity index (χ2v) is 7.61. The van der Waals surface area contributed by atoms with Crippen LogP contribution in [-0.2, 0) is 49.9 Å². The van der Waals surface area contributed by atoms with E-state index in [0.717, 1.165) is 32.3 Å². The molecule has 0 radical (unpaired) electrons. The normalized spacial score (nSPS) is 23.1. The number of esters is 4. The Labute approximate surface area is 204 Å². The Balaban J connectivity index is 2.62. The Kier molecular flexibility index (Phi) is 9.49. The lowest BCUT2D eigenvalue weighted by molar-refractivity contribution is -0.247. The standard InChI is InChI=1S/C21H27N3O12/c1-9(26)32-8-14-15(33-10(2)27)16(34-11(3)28)17(35-12(4)29)19(36-14)22-18-13(7-25)20(30)24(5)21(23-18)31-6/h7,14-17,19,22H,8H2,1-6H3/t14-,15-,16+,17-,19-/m1/s1. The van der Waals surface area contributed by atoms with Gasteiger partial charge in [0.15, 0.2) is 30.8 Å². The molecule has 0 bridgehead atoms. The van der Waals surface area contributed by atoms with Crippen LogP contribution in [0.4, 0.5) is 5.82 Å². The van der Waals surface area contributed by atoms with Crippen molar-refractivity contribution in [3.63, 3.8) is 0 Å². The molecule has 1 aliphatic rings. The highest BCUT2D eigenvalue weighted by Gasteiger charge is 2.52. The van der Waals surface area contributed by atoms with Gasteiger partial charge in [-0.1, -0.05) is 0 Å². The van der Waals surface area contributed by atoms with Crippen LogP contribution in [0.1, 0.15) is 38.1 Å². The van der Waals surface area contributed by atoms with E-state index in [-0.39, 0.29) is 18.1 Å². The summed E-state index contributed by atoms with van der Waals surface area (Å²) in [6.45, 7) is 3.92. The van der Waals surface area contributed by atoms with Gasteiger partial charge in [-0.2, -0.15) is 4.98 Å². The van der Waals surface area contributed by atoms with Crippen molar-refractivity contribution in [2.24, 2.45) is 7.05 Å². The minimum Gasteiger partial charge on any atom is -0.468 e. The Morgan fingerprint density at radius 2 is 1.53 bits per heavy atom. The maximum absolute atomic E-state index is 12.6. The number of anilines is 1. The van der Waals surface area contributed by atoms with Gasteiger partial charge in [0.05, 0.1) is 7.11 Å². The van der Waals surface area contributed by atoms with E-state index in [4.69, 9.17) is 28.4 Å². The number of hydrogen-bond acceptors (Lipinski definition) is 14. The number of carbonyl (C=O) groups is 5. The molecule has 1 N–H and O–H groups in total. The number of aldehydes is 1. The van der Waals surface area contributed by atoms with Crippen molar-refractivity contribution in [3.8, 4) is 6.01 Å². The molecule has 2 rings (SSSR count). The molecule has 1 saturated heterocycles. The van der Waals surface area contributed by atoms with Crippen molar-refractivity contribution in [1.82, 2.24) is 9.55 Å². The van der Waals surface area contributed by atoms with Crippen LogP contribution in [0.5, 0.6) is 6.01 Å². The molecule has 5 atom stereocenters. The average molecular weight is 513 g/mol. The number of hydrogen-bond donors (Lipinski definition) is 1. The minimum atomic E-state index is -1.47. The van der Waals surface area contributed by atoms with Gasteiger partial charge in [0.1, 0.15) is 24.1 Å². The fourth-order valence-electron chi connectivity index (χ4n) is 3.48. The van der Waals surface area contributed by atoms with Crippen LogP contribution in [0.2, 0.25) is 0 Å². The number of rotatable bonds is 9. The summed E-state index contributed by atoms with van der Waals surface area (Å²) in [5.74, 6) is -3.41. The zero-order valence-corrected chi connectivity index (χ0v) is 20.5. The number of nitrogens with zero attached hydrogens (tertiary/aromatic N) is 2. The molecule has 0 aliphatic carbocycles. The quantitative estimate of drug-likeness (QED) is 0.243. The maximum Gasteiger partial charge on any atom is 0.303 e. The summed E-state index contributed by atoms with van der Waals surface area (Å²) in [6.07, 6.45) is -6.71. The number of ether oxygens (including phenoxy) is 6. The smallest absolute Gasteiger partial charge is 0.303 e. The zero-order valence-electron chi connectivity index (χ0n) is 20.5. The van der Waals surface area contributed by atoms with Gasteiger partial charge >= 0.3 is 29.9 Å². The molecule has 1 fully saturated rings. The van der Waals surface area contributed by atoms with E-state index in [1.165, 1.54) is 14.2 Å². The van der Waals surface area contributed by atoms with E-state index >= 15 is 0 Å². The lowest BCUT2D eigenvalue weighted by Crippen LogP contribution is -2.64. The van der Waals surface area contributed by atoms with Gasteiger partial charge in [-0.05, 0) is 0 Å². The lowest BCUT2D eigenvalue weighted by atomic mass is 9.97. The molecule has 36 heavy (non-hydrogen) atoms. The monoisotopic (exact) mass is 513 g/mol. The Hall–Kier alpha value is -4.01. The molecule has 2 heterocycles. The van der Waals surface area contributed by atoms with E-state index in [1.54, 1.807) is 0 Å². The van der Waals surface area contributed by atoms with Crippen molar-refractivity contribution >= 4 is 36.0 Å². The Bertz CT molecular complexity index is 1080. The first kappa shape index (κ1) is 28.2. The van der Waals surface area contributed by atoms with Crippen LogP contribution in [-0.4, -0.2) is 84.1 Å². The summed E-state index contributed by atoms with van der Waals surface area (Å²) in [4.78, 5) is 75.4. The second kappa shape index (κ2) is 12.1. The molecular weight excluding hydrogens is 486 g/mol. The first-order chi connectivity index (χ1) is 16.9. The van der Waals surface area contributed by atoms with Crippen molar-refractivity contribution in [3.05, 3.63) is 15.9 Å². The maximum atomic E-state index is 12.6. The van der Waals surface area contributed by atoms with E-state index in [0.29, 0.717) is 0 Å². The van der Waals surface area contributed by atoms with Gasteiger partial charge in [-0.25, -0.2) is 0 Å². The molecule has 0 amide bonds. The summed E-state index contributed by atoms with van der Waals surface area (Å²) in [6, 6.07) is -0.168. The van der Waals surface area contributed by atoms with Crippen molar-refractivity contribution in [2.75, 3.05) is 19.0 Å². The van der Waals surface area contributed by atoms with Gasteiger partial charge in [0.2, 0.25) is 0 Å². The SMILES string of the molecule is COc1nc(N[C@@H]2O[C@H](COC(C)=O)[C@@H](OC(C)=O)[C@H](OC(C)=O)[C@H]2OC(C)=O)c(C=O)c(=O)n1C. The predicted molar refractivity (Wildman–Crippen MR) is 117 cm³/mol. The first-order valence-electron chi connectivity index (χ1n) is 10.6. The van der Waals surface area contributed by atoms with Crippen LogP contribution in [0, 0.1) is 0 Å². The van der Waals surface area contributed by atoms with Gasteiger partial charge in [-0.3, -0.25) is 33.3 Å². The molecule has 0 saturated carbocycles. The molecule has 0 aromatic carbocycles. The van der Waals surface area contributed by atoms with Crippen LogP contribution in [0.3, 0.4) is 0 Å². The fourth-order valence-corrected chi connectivity index (χ4v) is 3.48. The third-order valence-electron chi connectivity index (χ3n) is 4.85. The third kappa shape index (κ3) is 6.78. The molecular formula is C21H27N3O12. The number of carbonyl (C=O) groups excluding carboxylic acids is 5. The minimum absolute atomic E-state index is 0.168. The predicted octanol–water partition coefficient (Wildman–Crippen LogP) is -0.904. The van der Waals surface area contributed by atoms with Crippen molar-refractivity contribution in [2.45, 2.75) is 58.3 Å². The van der Waals surface area contributed by atoms with Gasteiger partial charge in [-0.15, -0.1) is 0 Å². The molecule has 15 nitrogen and oxygen atoms in total. The summed E-state index contributed by atoms with van der Waals surface area (Å²) in [7, 11) is 2.58. The molecule has 0 spiro atoms. The first-order valence-corrected chi connectivity index (χ1v) is 10.6. The highest BCUT2D eigenvalue weighted by Crippen LogP contribution is 2.30. The lowest BCUT2D eigenvalue weighted by Gasteiger charge is -2.44. The van der Waals surface area contributed by atoms with Gasteiger partial charge in [0, 0.05) is 34.7 Å².